The van der Waals surface area contributed by atoms with Gasteiger partial charge in [0.1, 0.15) is 18.2 Å². The van der Waals surface area contributed by atoms with Crippen LogP contribution in [-0.2, 0) is 6.61 Å². The molecule has 0 amide bonds. The minimum Gasteiger partial charge on any atom is -0.487 e. The van der Waals surface area contributed by atoms with Crippen molar-refractivity contribution in [3.05, 3.63) is 47.5 Å². The first-order chi connectivity index (χ1) is 10.0. The lowest BCUT2D eigenvalue weighted by Crippen LogP contribution is -2.08. The van der Waals surface area contributed by atoms with Crippen LogP contribution in [0.5, 0.6) is 5.75 Å². The SMILES string of the molecule is CCC(C)n1ccc(COc2ccc(C(C)N)c(F)c2)n1. The number of halogens is 1. The topological polar surface area (TPSA) is 53.1 Å². The van der Waals surface area contributed by atoms with E-state index in [0.29, 0.717) is 24.0 Å². The van der Waals surface area contributed by atoms with Crippen molar-refractivity contribution in [2.24, 2.45) is 5.73 Å². The summed E-state index contributed by atoms with van der Waals surface area (Å²) in [6.45, 7) is 6.30. The van der Waals surface area contributed by atoms with Crippen molar-refractivity contribution in [1.29, 1.82) is 0 Å². The lowest BCUT2D eigenvalue weighted by atomic mass is 10.1. The van der Waals surface area contributed by atoms with E-state index in [1.54, 1.807) is 19.1 Å². The van der Waals surface area contributed by atoms with E-state index < -0.39 is 0 Å². The molecule has 0 spiro atoms. The Morgan fingerprint density at radius 2 is 2.10 bits per heavy atom. The van der Waals surface area contributed by atoms with Crippen molar-refractivity contribution < 1.29 is 9.13 Å². The molecule has 21 heavy (non-hydrogen) atoms. The smallest absolute Gasteiger partial charge is 0.132 e. The number of hydrogen-bond donors (Lipinski definition) is 1. The Morgan fingerprint density at radius 1 is 1.33 bits per heavy atom. The first kappa shape index (κ1) is 15.5. The van der Waals surface area contributed by atoms with Gasteiger partial charge in [-0.1, -0.05) is 13.0 Å². The fourth-order valence-electron chi connectivity index (χ4n) is 2.01. The van der Waals surface area contributed by atoms with Crippen molar-refractivity contribution in [2.75, 3.05) is 0 Å². The van der Waals surface area contributed by atoms with Gasteiger partial charge in [0.05, 0.1) is 5.69 Å². The number of nitrogens with zero attached hydrogens (tertiary/aromatic N) is 2. The summed E-state index contributed by atoms with van der Waals surface area (Å²) < 4.78 is 21.3. The molecular weight excluding hydrogens is 269 g/mol. The number of benzene rings is 1. The molecule has 0 aliphatic rings. The van der Waals surface area contributed by atoms with Gasteiger partial charge in [0, 0.05) is 29.9 Å². The zero-order chi connectivity index (χ0) is 15.4. The standard InChI is InChI=1S/C16H22FN3O/c1-4-11(2)20-8-7-13(19-20)10-21-14-5-6-15(12(3)18)16(17)9-14/h5-9,11-12H,4,10,18H2,1-3H3. The third-order valence-corrected chi connectivity index (χ3v) is 3.56. The quantitative estimate of drug-likeness (QED) is 0.885. The van der Waals surface area contributed by atoms with Gasteiger partial charge in [-0.25, -0.2) is 4.39 Å². The maximum atomic E-state index is 13.8. The van der Waals surface area contributed by atoms with Gasteiger partial charge in [0.25, 0.3) is 0 Å². The van der Waals surface area contributed by atoms with Crippen molar-refractivity contribution >= 4 is 0 Å². The van der Waals surface area contributed by atoms with Gasteiger partial charge < -0.3 is 10.5 Å². The molecule has 4 nitrogen and oxygen atoms in total. The molecule has 2 aromatic rings. The molecule has 0 bridgehead atoms. The lowest BCUT2D eigenvalue weighted by molar-refractivity contribution is 0.296. The zero-order valence-electron chi connectivity index (χ0n) is 12.7. The number of nitrogens with two attached hydrogens (primary N) is 1. The van der Waals surface area contributed by atoms with Crippen molar-refractivity contribution in [1.82, 2.24) is 9.78 Å². The Morgan fingerprint density at radius 3 is 2.71 bits per heavy atom. The maximum absolute atomic E-state index is 13.8. The van der Waals surface area contributed by atoms with E-state index in [2.05, 4.69) is 18.9 Å². The zero-order valence-corrected chi connectivity index (χ0v) is 12.7. The molecule has 0 aliphatic carbocycles. The van der Waals surface area contributed by atoms with Gasteiger partial charge in [-0.2, -0.15) is 5.10 Å². The molecule has 1 aromatic carbocycles. The van der Waals surface area contributed by atoms with Gasteiger partial charge >= 0.3 is 0 Å². The molecule has 5 heteroatoms. The van der Waals surface area contributed by atoms with E-state index in [1.807, 2.05) is 16.9 Å². The molecular formula is C16H22FN3O. The Hall–Kier alpha value is -1.88. The molecule has 1 heterocycles. The van der Waals surface area contributed by atoms with Gasteiger partial charge in [-0.15, -0.1) is 0 Å². The summed E-state index contributed by atoms with van der Waals surface area (Å²) in [6.07, 6.45) is 2.96. The average molecular weight is 291 g/mol. The molecule has 2 rings (SSSR count). The highest BCUT2D eigenvalue weighted by Gasteiger charge is 2.09. The summed E-state index contributed by atoms with van der Waals surface area (Å²) in [4.78, 5) is 0. The molecule has 0 saturated heterocycles. The molecule has 2 atom stereocenters. The summed E-state index contributed by atoms with van der Waals surface area (Å²) in [7, 11) is 0. The molecule has 114 valence electrons. The minimum atomic E-state index is -0.340. The fourth-order valence-corrected chi connectivity index (χ4v) is 2.01. The number of hydrogen-bond acceptors (Lipinski definition) is 3. The Kier molecular flexibility index (Phi) is 4.96. The summed E-state index contributed by atoms with van der Waals surface area (Å²) in [5.41, 5.74) is 7.00. The summed E-state index contributed by atoms with van der Waals surface area (Å²) >= 11 is 0. The first-order valence-corrected chi connectivity index (χ1v) is 7.23. The van der Waals surface area contributed by atoms with Crippen LogP contribution in [0.1, 0.15) is 50.5 Å². The maximum Gasteiger partial charge on any atom is 0.132 e. The number of aromatic nitrogens is 2. The number of ether oxygens (including phenoxy) is 1. The van der Waals surface area contributed by atoms with E-state index in [-0.39, 0.29) is 11.9 Å². The molecule has 2 N–H and O–H groups in total. The molecule has 0 aliphatic heterocycles. The van der Waals surface area contributed by atoms with Crippen LogP contribution in [0.2, 0.25) is 0 Å². The van der Waals surface area contributed by atoms with Crippen LogP contribution in [0.3, 0.4) is 0 Å². The van der Waals surface area contributed by atoms with Crippen LogP contribution in [0, 0.1) is 5.82 Å². The molecule has 0 fully saturated rings. The van der Waals surface area contributed by atoms with Crippen LogP contribution < -0.4 is 10.5 Å². The third-order valence-electron chi connectivity index (χ3n) is 3.56. The second kappa shape index (κ2) is 6.72. The third kappa shape index (κ3) is 3.82. The van der Waals surface area contributed by atoms with Crippen molar-refractivity contribution in [2.45, 2.75) is 45.9 Å². The Labute approximate surface area is 124 Å². The highest BCUT2D eigenvalue weighted by Crippen LogP contribution is 2.21. The average Bonchev–Trinajstić information content (AvgIpc) is 2.92. The van der Waals surface area contributed by atoms with E-state index in [0.717, 1.165) is 12.1 Å². The van der Waals surface area contributed by atoms with E-state index in [1.165, 1.54) is 6.07 Å². The molecule has 1 aromatic heterocycles. The van der Waals surface area contributed by atoms with Crippen LogP contribution in [0.4, 0.5) is 4.39 Å². The normalized spacial score (nSPS) is 14.0. The highest BCUT2D eigenvalue weighted by atomic mass is 19.1. The highest BCUT2D eigenvalue weighted by molar-refractivity contribution is 5.30. The largest absolute Gasteiger partial charge is 0.487 e. The van der Waals surface area contributed by atoms with Gasteiger partial charge in [-0.05, 0) is 32.4 Å². The van der Waals surface area contributed by atoms with E-state index in [4.69, 9.17) is 10.5 Å². The van der Waals surface area contributed by atoms with E-state index in [9.17, 15) is 4.39 Å². The molecule has 0 radical (unpaired) electrons. The Bertz CT molecular complexity index is 595. The van der Waals surface area contributed by atoms with Crippen molar-refractivity contribution in [3.63, 3.8) is 0 Å². The molecule has 0 saturated carbocycles. The van der Waals surface area contributed by atoms with Crippen LogP contribution in [0.15, 0.2) is 30.5 Å². The second-order valence-electron chi connectivity index (χ2n) is 5.31. The van der Waals surface area contributed by atoms with E-state index >= 15 is 0 Å². The molecule has 2 unspecified atom stereocenters. The van der Waals surface area contributed by atoms with Gasteiger partial charge in [0.2, 0.25) is 0 Å². The fraction of sp³-hybridized carbons (Fsp3) is 0.438. The first-order valence-electron chi connectivity index (χ1n) is 7.23. The van der Waals surface area contributed by atoms with Gasteiger partial charge in [0.15, 0.2) is 0 Å². The summed E-state index contributed by atoms with van der Waals surface area (Å²) in [5.74, 6) is 0.141. The minimum absolute atomic E-state index is 0.320. The summed E-state index contributed by atoms with van der Waals surface area (Å²) in [6, 6.07) is 6.70. The van der Waals surface area contributed by atoms with Gasteiger partial charge in [-0.3, -0.25) is 4.68 Å². The monoisotopic (exact) mass is 291 g/mol. The van der Waals surface area contributed by atoms with Crippen LogP contribution >= 0.6 is 0 Å². The Balaban J connectivity index is 2.00. The van der Waals surface area contributed by atoms with Crippen LogP contribution in [-0.4, -0.2) is 9.78 Å². The van der Waals surface area contributed by atoms with Crippen LogP contribution in [0.25, 0.3) is 0 Å². The predicted molar refractivity (Wildman–Crippen MR) is 80.6 cm³/mol. The summed E-state index contributed by atoms with van der Waals surface area (Å²) in [5, 5.41) is 4.44. The predicted octanol–water partition coefficient (Wildman–Crippen LogP) is 3.59. The lowest BCUT2D eigenvalue weighted by Gasteiger charge is -2.10. The van der Waals surface area contributed by atoms with Crippen molar-refractivity contribution in [3.8, 4) is 5.75 Å². The second-order valence-corrected chi connectivity index (χ2v) is 5.31. The number of rotatable bonds is 6.